The van der Waals surface area contributed by atoms with Crippen molar-refractivity contribution >= 4 is 15.9 Å². The zero-order chi connectivity index (χ0) is 16.4. The fourth-order valence-corrected chi connectivity index (χ4v) is 4.87. The lowest BCUT2D eigenvalue weighted by atomic mass is 9.99. The van der Waals surface area contributed by atoms with E-state index in [0.717, 1.165) is 37.7 Å². The Morgan fingerprint density at radius 2 is 2.04 bits per heavy atom. The van der Waals surface area contributed by atoms with Gasteiger partial charge in [-0.3, -0.25) is 4.79 Å². The highest BCUT2D eigenvalue weighted by Gasteiger charge is 2.29. The average molecular weight is 337 g/mol. The Labute approximate surface area is 136 Å². The molecule has 0 radical (unpaired) electrons. The SMILES string of the molecule is NCC(NS(=O)(=O)c1ccc2c(c1)C(=O)NCC2)C1CCCC1. The quantitative estimate of drug-likeness (QED) is 0.738. The zero-order valence-corrected chi connectivity index (χ0v) is 13.9. The van der Waals surface area contributed by atoms with E-state index in [1.807, 2.05) is 0 Å². The summed E-state index contributed by atoms with van der Waals surface area (Å²) in [4.78, 5) is 12.0. The molecule has 2 aliphatic rings. The minimum absolute atomic E-state index is 0.129. The summed E-state index contributed by atoms with van der Waals surface area (Å²) in [5.74, 6) is 0.0881. The highest BCUT2D eigenvalue weighted by Crippen LogP contribution is 2.28. The minimum atomic E-state index is -3.68. The maximum atomic E-state index is 12.7. The molecule has 1 fully saturated rings. The summed E-state index contributed by atoms with van der Waals surface area (Å²) in [5.41, 5.74) is 7.12. The number of sulfonamides is 1. The summed E-state index contributed by atoms with van der Waals surface area (Å²) in [7, 11) is -3.68. The molecular formula is C16H23N3O3S. The Bertz CT molecular complexity index is 697. The van der Waals surface area contributed by atoms with Crippen LogP contribution in [0.3, 0.4) is 0 Å². The molecule has 1 saturated carbocycles. The van der Waals surface area contributed by atoms with Crippen LogP contribution in [0.25, 0.3) is 0 Å². The summed E-state index contributed by atoms with van der Waals surface area (Å²) in [5, 5.41) is 2.74. The molecular weight excluding hydrogens is 314 g/mol. The van der Waals surface area contributed by atoms with Crippen molar-refractivity contribution in [2.45, 2.75) is 43.0 Å². The van der Waals surface area contributed by atoms with Gasteiger partial charge >= 0.3 is 0 Å². The molecule has 126 valence electrons. The van der Waals surface area contributed by atoms with Crippen LogP contribution in [0, 0.1) is 5.92 Å². The lowest BCUT2D eigenvalue weighted by molar-refractivity contribution is 0.0945. The van der Waals surface area contributed by atoms with E-state index in [9.17, 15) is 13.2 Å². The highest BCUT2D eigenvalue weighted by atomic mass is 32.2. The summed E-state index contributed by atoms with van der Waals surface area (Å²) >= 11 is 0. The van der Waals surface area contributed by atoms with Gasteiger partial charge in [-0.05, 0) is 42.9 Å². The molecule has 7 heteroatoms. The number of amides is 1. The van der Waals surface area contributed by atoms with Crippen LogP contribution in [0.5, 0.6) is 0 Å². The van der Waals surface area contributed by atoms with Gasteiger partial charge in [0.2, 0.25) is 10.0 Å². The summed E-state index contributed by atoms with van der Waals surface area (Å²) in [6.07, 6.45) is 5.00. The van der Waals surface area contributed by atoms with Crippen LogP contribution in [-0.4, -0.2) is 33.5 Å². The molecule has 23 heavy (non-hydrogen) atoms. The van der Waals surface area contributed by atoms with Crippen LogP contribution in [0.15, 0.2) is 23.1 Å². The van der Waals surface area contributed by atoms with Crippen molar-refractivity contribution < 1.29 is 13.2 Å². The number of fused-ring (bicyclic) bond motifs is 1. The van der Waals surface area contributed by atoms with Gasteiger partial charge in [-0.2, -0.15) is 0 Å². The normalized spacial score (nSPS) is 20.1. The molecule has 0 bridgehead atoms. The van der Waals surface area contributed by atoms with E-state index in [1.54, 1.807) is 12.1 Å². The van der Waals surface area contributed by atoms with Crippen LogP contribution in [-0.2, 0) is 16.4 Å². The monoisotopic (exact) mass is 337 g/mol. The molecule has 4 N–H and O–H groups in total. The molecule has 1 aliphatic heterocycles. The Balaban J connectivity index is 1.84. The van der Waals surface area contributed by atoms with Gasteiger partial charge in [0.25, 0.3) is 5.91 Å². The van der Waals surface area contributed by atoms with Crippen LogP contribution >= 0.6 is 0 Å². The first kappa shape index (κ1) is 16.4. The molecule has 0 saturated heterocycles. The number of rotatable bonds is 5. The van der Waals surface area contributed by atoms with Gasteiger partial charge in [0.05, 0.1) is 4.90 Å². The number of carbonyl (C=O) groups is 1. The van der Waals surface area contributed by atoms with E-state index < -0.39 is 10.0 Å². The van der Waals surface area contributed by atoms with Crippen LogP contribution < -0.4 is 15.8 Å². The van der Waals surface area contributed by atoms with Crippen molar-refractivity contribution in [2.75, 3.05) is 13.1 Å². The maximum Gasteiger partial charge on any atom is 0.251 e. The summed E-state index contributed by atoms with van der Waals surface area (Å²) in [6, 6.07) is 4.53. The highest BCUT2D eigenvalue weighted by molar-refractivity contribution is 7.89. The third-order valence-corrected chi connectivity index (χ3v) is 6.33. The number of nitrogens with two attached hydrogens (primary N) is 1. The van der Waals surface area contributed by atoms with Gasteiger partial charge in [0.15, 0.2) is 0 Å². The molecule has 1 atom stereocenters. The van der Waals surface area contributed by atoms with Gasteiger partial charge in [0.1, 0.15) is 0 Å². The van der Waals surface area contributed by atoms with E-state index in [1.165, 1.54) is 6.07 Å². The number of nitrogens with one attached hydrogen (secondary N) is 2. The summed E-state index contributed by atoms with van der Waals surface area (Å²) < 4.78 is 28.0. The van der Waals surface area contributed by atoms with Crippen molar-refractivity contribution in [3.05, 3.63) is 29.3 Å². The molecule has 1 aromatic carbocycles. The molecule has 1 unspecified atom stereocenters. The Morgan fingerprint density at radius 1 is 1.30 bits per heavy atom. The fourth-order valence-electron chi connectivity index (χ4n) is 3.52. The van der Waals surface area contributed by atoms with Crippen molar-refractivity contribution in [2.24, 2.45) is 11.7 Å². The van der Waals surface area contributed by atoms with Crippen molar-refractivity contribution in [1.82, 2.24) is 10.0 Å². The van der Waals surface area contributed by atoms with Crippen molar-refractivity contribution in [3.8, 4) is 0 Å². The third-order valence-electron chi connectivity index (χ3n) is 4.85. The zero-order valence-electron chi connectivity index (χ0n) is 13.0. The molecule has 1 heterocycles. The van der Waals surface area contributed by atoms with Crippen LogP contribution in [0.4, 0.5) is 0 Å². The van der Waals surface area contributed by atoms with Gasteiger partial charge < -0.3 is 11.1 Å². The minimum Gasteiger partial charge on any atom is -0.352 e. The molecule has 1 aromatic rings. The molecule has 6 nitrogen and oxygen atoms in total. The first-order valence-electron chi connectivity index (χ1n) is 8.15. The predicted octanol–water partition coefficient (Wildman–Crippen LogP) is 0.768. The number of carbonyl (C=O) groups excluding carboxylic acids is 1. The van der Waals surface area contributed by atoms with E-state index >= 15 is 0 Å². The van der Waals surface area contributed by atoms with Gasteiger partial charge in [0, 0.05) is 24.7 Å². The number of benzene rings is 1. The van der Waals surface area contributed by atoms with E-state index in [4.69, 9.17) is 5.73 Å². The van der Waals surface area contributed by atoms with Gasteiger partial charge in [-0.15, -0.1) is 0 Å². The standard InChI is InChI=1S/C16H23N3O3S/c17-10-15(12-3-1-2-4-12)19-23(21,22)13-6-5-11-7-8-18-16(20)14(11)9-13/h5-6,9,12,15,19H,1-4,7-8,10,17H2,(H,18,20). The van der Waals surface area contributed by atoms with E-state index in [-0.39, 0.29) is 23.4 Å². The first-order chi connectivity index (χ1) is 11.0. The molecule has 1 aliphatic carbocycles. The fraction of sp³-hybridized carbons (Fsp3) is 0.562. The summed E-state index contributed by atoms with van der Waals surface area (Å²) in [6.45, 7) is 0.877. The molecule has 0 spiro atoms. The first-order valence-corrected chi connectivity index (χ1v) is 9.63. The average Bonchev–Trinajstić information content (AvgIpc) is 3.07. The second kappa shape index (κ2) is 6.59. The molecule has 3 rings (SSSR count). The Hall–Kier alpha value is -1.44. The van der Waals surface area contributed by atoms with Crippen molar-refractivity contribution in [1.29, 1.82) is 0 Å². The maximum absolute atomic E-state index is 12.7. The van der Waals surface area contributed by atoms with E-state index in [2.05, 4.69) is 10.0 Å². The third kappa shape index (κ3) is 3.41. The smallest absolute Gasteiger partial charge is 0.251 e. The predicted molar refractivity (Wildman–Crippen MR) is 87.6 cm³/mol. The van der Waals surface area contributed by atoms with Crippen LogP contribution in [0.1, 0.15) is 41.6 Å². The number of hydrogen-bond acceptors (Lipinski definition) is 4. The molecule has 1 amide bonds. The second-order valence-corrected chi connectivity index (χ2v) is 8.05. The topological polar surface area (TPSA) is 101 Å². The Kier molecular flexibility index (Phi) is 4.70. The molecule has 0 aromatic heterocycles. The lowest BCUT2D eigenvalue weighted by Gasteiger charge is -2.23. The lowest BCUT2D eigenvalue weighted by Crippen LogP contribution is -2.44. The van der Waals surface area contributed by atoms with Crippen LogP contribution in [0.2, 0.25) is 0 Å². The Morgan fingerprint density at radius 3 is 2.74 bits per heavy atom. The van der Waals surface area contributed by atoms with Gasteiger partial charge in [-0.1, -0.05) is 18.9 Å². The largest absolute Gasteiger partial charge is 0.352 e. The second-order valence-electron chi connectivity index (χ2n) is 6.33. The number of hydrogen-bond donors (Lipinski definition) is 3. The van der Waals surface area contributed by atoms with Crippen molar-refractivity contribution in [3.63, 3.8) is 0 Å². The van der Waals surface area contributed by atoms with Gasteiger partial charge in [-0.25, -0.2) is 13.1 Å². The van der Waals surface area contributed by atoms with E-state index in [0.29, 0.717) is 18.0 Å².